The lowest BCUT2D eigenvalue weighted by molar-refractivity contribution is 0.0935. The third kappa shape index (κ3) is 3.80. The number of aromatic nitrogens is 2. The van der Waals surface area contributed by atoms with E-state index in [-0.39, 0.29) is 5.91 Å². The number of hydrogen-bond acceptors (Lipinski definition) is 3. The summed E-state index contributed by atoms with van der Waals surface area (Å²) >= 11 is 0. The molecule has 1 amide bonds. The van der Waals surface area contributed by atoms with Gasteiger partial charge in [0.15, 0.2) is 0 Å². The van der Waals surface area contributed by atoms with Gasteiger partial charge in [0.05, 0.1) is 12.3 Å². The minimum absolute atomic E-state index is 0.0374. The van der Waals surface area contributed by atoms with Gasteiger partial charge in [-0.2, -0.15) is 5.10 Å². The third-order valence-electron chi connectivity index (χ3n) is 3.52. The molecule has 1 atom stereocenters. The van der Waals surface area contributed by atoms with Gasteiger partial charge >= 0.3 is 0 Å². The van der Waals surface area contributed by atoms with Gasteiger partial charge in [0.25, 0.3) is 5.91 Å². The number of nitrogens with zero attached hydrogens (tertiary/aromatic N) is 2. The first-order valence-corrected chi connectivity index (χ1v) is 7.09. The van der Waals surface area contributed by atoms with Crippen LogP contribution in [0.4, 0.5) is 0 Å². The van der Waals surface area contributed by atoms with Crippen molar-refractivity contribution in [3.8, 4) is 0 Å². The van der Waals surface area contributed by atoms with Crippen molar-refractivity contribution in [1.29, 1.82) is 0 Å². The van der Waals surface area contributed by atoms with Crippen molar-refractivity contribution in [1.82, 2.24) is 15.1 Å². The molecular formula is C14H23N3O2. The lowest BCUT2D eigenvalue weighted by Crippen LogP contribution is -2.30. The van der Waals surface area contributed by atoms with Crippen LogP contribution in [0.25, 0.3) is 0 Å². The van der Waals surface area contributed by atoms with Crippen molar-refractivity contribution in [3.05, 3.63) is 17.5 Å². The second-order valence-corrected chi connectivity index (χ2v) is 5.19. The minimum atomic E-state index is -0.0374. The molecule has 1 aromatic heterocycles. The molecule has 0 bridgehead atoms. The second kappa shape index (κ2) is 6.70. The average molecular weight is 265 g/mol. The molecule has 1 aliphatic rings. The summed E-state index contributed by atoms with van der Waals surface area (Å²) in [5.74, 6) is 0.418. The van der Waals surface area contributed by atoms with Crippen LogP contribution < -0.4 is 5.32 Å². The van der Waals surface area contributed by atoms with Gasteiger partial charge in [-0.3, -0.25) is 9.48 Å². The largest absolute Gasteiger partial charge is 0.381 e. The Hall–Kier alpha value is -1.36. The van der Waals surface area contributed by atoms with Crippen molar-refractivity contribution in [3.63, 3.8) is 0 Å². The molecule has 1 unspecified atom stereocenters. The molecule has 1 aromatic rings. The van der Waals surface area contributed by atoms with Crippen molar-refractivity contribution in [2.45, 2.75) is 32.6 Å². The molecule has 1 saturated heterocycles. The van der Waals surface area contributed by atoms with E-state index in [4.69, 9.17) is 4.74 Å². The molecule has 19 heavy (non-hydrogen) atoms. The highest BCUT2D eigenvalue weighted by molar-refractivity contribution is 5.92. The summed E-state index contributed by atoms with van der Waals surface area (Å²) in [6.07, 6.45) is 4.22. The Kier molecular flexibility index (Phi) is 4.96. The van der Waals surface area contributed by atoms with Gasteiger partial charge in [0, 0.05) is 26.1 Å². The van der Waals surface area contributed by atoms with E-state index in [0.29, 0.717) is 18.2 Å². The fourth-order valence-corrected chi connectivity index (χ4v) is 2.29. The summed E-state index contributed by atoms with van der Waals surface area (Å²) in [5, 5.41) is 7.35. The van der Waals surface area contributed by atoms with Gasteiger partial charge in [0.2, 0.25) is 0 Å². The van der Waals surface area contributed by atoms with Gasteiger partial charge in [-0.1, -0.05) is 13.3 Å². The molecule has 5 nitrogen and oxygen atoms in total. The van der Waals surface area contributed by atoms with E-state index >= 15 is 0 Å². The average Bonchev–Trinajstić information content (AvgIpc) is 3.03. The Bertz CT molecular complexity index is 422. The predicted octanol–water partition coefficient (Wildman–Crippen LogP) is 1.53. The predicted molar refractivity (Wildman–Crippen MR) is 73.1 cm³/mol. The van der Waals surface area contributed by atoms with E-state index in [1.165, 1.54) is 0 Å². The summed E-state index contributed by atoms with van der Waals surface area (Å²) in [6, 6.07) is 1.90. The van der Waals surface area contributed by atoms with Crippen LogP contribution in [0.1, 0.15) is 42.4 Å². The topological polar surface area (TPSA) is 56.1 Å². The number of hydrogen-bond donors (Lipinski definition) is 1. The summed E-state index contributed by atoms with van der Waals surface area (Å²) in [4.78, 5) is 12.1. The van der Waals surface area contributed by atoms with Crippen LogP contribution in [-0.4, -0.2) is 35.4 Å². The standard InChI is InChI=1S/C14H23N3O2/c1-3-4-5-12-8-13(17(2)16-12)14(18)15-9-11-6-7-19-10-11/h8,11H,3-7,9-10H2,1-2H3,(H,15,18). The third-order valence-corrected chi connectivity index (χ3v) is 3.52. The molecule has 1 fully saturated rings. The second-order valence-electron chi connectivity index (χ2n) is 5.19. The smallest absolute Gasteiger partial charge is 0.269 e. The molecule has 1 aliphatic heterocycles. The number of carbonyl (C=O) groups excluding carboxylic acids is 1. The van der Waals surface area contributed by atoms with Crippen LogP contribution in [0, 0.1) is 5.92 Å². The van der Waals surface area contributed by atoms with Crippen LogP contribution in [0.15, 0.2) is 6.07 Å². The molecule has 5 heteroatoms. The number of amides is 1. The van der Waals surface area contributed by atoms with E-state index < -0.39 is 0 Å². The number of rotatable bonds is 6. The Labute approximate surface area is 114 Å². The zero-order valence-electron chi connectivity index (χ0n) is 11.8. The molecule has 2 heterocycles. The maximum absolute atomic E-state index is 12.1. The fraction of sp³-hybridized carbons (Fsp3) is 0.714. The van der Waals surface area contributed by atoms with Crippen LogP contribution in [0.5, 0.6) is 0 Å². The number of carbonyl (C=O) groups is 1. The Balaban J connectivity index is 1.88. The fourth-order valence-electron chi connectivity index (χ4n) is 2.29. The number of ether oxygens (including phenoxy) is 1. The molecule has 106 valence electrons. The number of nitrogens with one attached hydrogen (secondary N) is 1. The molecule has 0 radical (unpaired) electrons. The van der Waals surface area contributed by atoms with E-state index in [1.54, 1.807) is 4.68 Å². The summed E-state index contributed by atoms with van der Waals surface area (Å²) < 4.78 is 6.97. The van der Waals surface area contributed by atoms with Crippen LogP contribution >= 0.6 is 0 Å². The first-order valence-electron chi connectivity index (χ1n) is 7.09. The molecule has 2 rings (SSSR count). The number of unbranched alkanes of at least 4 members (excludes halogenated alkanes) is 1. The SMILES string of the molecule is CCCCc1cc(C(=O)NCC2CCOC2)n(C)n1. The Morgan fingerprint density at radius 1 is 1.63 bits per heavy atom. The maximum Gasteiger partial charge on any atom is 0.269 e. The first-order chi connectivity index (χ1) is 9.20. The van der Waals surface area contributed by atoms with Crippen molar-refractivity contribution in [2.75, 3.05) is 19.8 Å². The lowest BCUT2D eigenvalue weighted by atomic mass is 10.1. The molecular weight excluding hydrogens is 242 g/mol. The highest BCUT2D eigenvalue weighted by Crippen LogP contribution is 2.11. The maximum atomic E-state index is 12.1. The lowest BCUT2D eigenvalue weighted by Gasteiger charge is -2.09. The van der Waals surface area contributed by atoms with E-state index in [9.17, 15) is 4.79 Å². The molecule has 0 aliphatic carbocycles. The van der Waals surface area contributed by atoms with Crippen molar-refractivity contribution in [2.24, 2.45) is 13.0 Å². The molecule has 1 N–H and O–H groups in total. The van der Waals surface area contributed by atoms with Crippen LogP contribution in [0.3, 0.4) is 0 Å². The summed E-state index contributed by atoms with van der Waals surface area (Å²) in [7, 11) is 1.82. The van der Waals surface area contributed by atoms with Crippen LogP contribution in [-0.2, 0) is 18.2 Å². The zero-order chi connectivity index (χ0) is 13.7. The van der Waals surface area contributed by atoms with Crippen LogP contribution in [0.2, 0.25) is 0 Å². The normalized spacial score (nSPS) is 18.7. The van der Waals surface area contributed by atoms with Gasteiger partial charge in [-0.15, -0.1) is 0 Å². The monoisotopic (exact) mass is 265 g/mol. The van der Waals surface area contributed by atoms with Crippen molar-refractivity contribution < 1.29 is 9.53 Å². The molecule has 0 spiro atoms. The van der Waals surface area contributed by atoms with E-state index in [1.807, 2.05) is 13.1 Å². The quantitative estimate of drug-likeness (QED) is 0.848. The Morgan fingerprint density at radius 3 is 3.16 bits per heavy atom. The van der Waals surface area contributed by atoms with Gasteiger partial charge in [-0.05, 0) is 25.3 Å². The summed E-state index contributed by atoms with van der Waals surface area (Å²) in [6.45, 7) is 4.41. The Morgan fingerprint density at radius 2 is 2.47 bits per heavy atom. The van der Waals surface area contributed by atoms with Gasteiger partial charge in [-0.25, -0.2) is 0 Å². The van der Waals surface area contributed by atoms with E-state index in [0.717, 1.165) is 44.6 Å². The molecule has 0 saturated carbocycles. The highest BCUT2D eigenvalue weighted by atomic mass is 16.5. The summed E-state index contributed by atoms with van der Waals surface area (Å²) in [5.41, 5.74) is 1.64. The van der Waals surface area contributed by atoms with E-state index in [2.05, 4.69) is 17.3 Å². The highest BCUT2D eigenvalue weighted by Gasteiger charge is 2.18. The molecule has 0 aromatic carbocycles. The first kappa shape index (κ1) is 14.1. The van der Waals surface area contributed by atoms with Gasteiger partial charge < -0.3 is 10.1 Å². The number of aryl methyl sites for hydroxylation is 2. The van der Waals surface area contributed by atoms with Gasteiger partial charge in [0.1, 0.15) is 5.69 Å². The zero-order valence-corrected chi connectivity index (χ0v) is 11.8. The van der Waals surface area contributed by atoms with Crippen molar-refractivity contribution >= 4 is 5.91 Å². The minimum Gasteiger partial charge on any atom is -0.381 e.